The minimum absolute atomic E-state index is 0.0254. The number of thioether (sulfide) groups is 1. The van der Waals surface area contributed by atoms with Crippen molar-refractivity contribution < 1.29 is 22.3 Å². The zero-order valence-corrected chi connectivity index (χ0v) is 21.9. The molecule has 11 heteroatoms. The van der Waals surface area contributed by atoms with E-state index in [-0.39, 0.29) is 10.6 Å². The van der Waals surface area contributed by atoms with Crippen LogP contribution in [0.5, 0.6) is 5.75 Å². The van der Waals surface area contributed by atoms with Crippen LogP contribution in [0.4, 0.5) is 10.1 Å². The van der Waals surface area contributed by atoms with E-state index in [2.05, 4.69) is 5.32 Å². The molecule has 1 amide bonds. The summed E-state index contributed by atoms with van der Waals surface area (Å²) in [4.78, 5) is 12.6. The molecule has 0 fully saturated rings. The largest absolute Gasteiger partial charge is 0.497 e. The molecule has 0 unspecified atom stereocenters. The van der Waals surface area contributed by atoms with Crippen LogP contribution in [0.2, 0.25) is 10.0 Å². The fraction of sp³-hybridized carbons (Fsp3) is 0.208. The van der Waals surface area contributed by atoms with Crippen LogP contribution in [0.3, 0.4) is 0 Å². The van der Waals surface area contributed by atoms with Gasteiger partial charge >= 0.3 is 0 Å². The second-order valence-corrected chi connectivity index (χ2v) is 11.0. The lowest BCUT2D eigenvalue weighted by molar-refractivity contribution is -0.119. The van der Waals surface area contributed by atoms with Gasteiger partial charge in [0, 0.05) is 28.1 Å². The van der Waals surface area contributed by atoms with Crippen LogP contribution in [0, 0.1) is 5.82 Å². The van der Waals surface area contributed by atoms with E-state index in [0.717, 1.165) is 22.0 Å². The number of rotatable bonds is 11. The lowest BCUT2D eigenvalue weighted by Crippen LogP contribution is -2.41. The first-order valence-corrected chi connectivity index (χ1v) is 13.8. The molecule has 0 saturated carbocycles. The Labute approximate surface area is 218 Å². The number of hydrogen-bond acceptors (Lipinski definition) is 5. The predicted molar refractivity (Wildman–Crippen MR) is 140 cm³/mol. The minimum Gasteiger partial charge on any atom is -0.497 e. The maximum atomic E-state index is 13.4. The maximum Gasteiger partial charge on any atom is 0.264 e. The number of sulfonamides is 1. The van der Waals surface area contributed by atoms with Gasteiger partial charge in [0.25, 0.3) is 10.0 Å². The highest BCUT2D eigenvalue weighted by Crippen LogP contribution is 2.28. The van der Waals surface area contributed by atoms with Gasteiger partial charge in [0.15, 0.2) is 0 Å². The number of anilines is 1. The van der Waals surface area contributed by atoms with Gasteiger partial charge in [-0.25, -0.2) is 12.8 Å². The highest BCUT2D eigenvalue weighted by Gasteiger charge is 2.27. The Morgan fingerprint density at radius 2 is 1.66 bits per heavy atom. The molecule has 0 heterocycles. The van der Waals surface area contributed by atoms with Crippen molar-refractivity contribution in [2.24, 2.45) is 0 Å². The number of benzene rings is 3. The van der Waals surface area contributed by atoms with Crippen molar-refractivity contribution in [3.8, 4) is 5.75 Å². The Morgan fingerprint density at radius 1 is 1.03 bits per heavy atom. The van der Waals surface area contributed by atoms with Crippen molar-refractivity contribution in [2.45, 2.75) is 10.6 Å². The van der Waals surface area contributed by atoms with E-state index in [9.17, 15) is 17.6 Å². The summed E-state index contributed by atoms with van der Waals surface area (Å²) in [5, 5.41) is 3.88. The van der Waals surface area contributed by atoms with Gasteiger partial charge in [-0.05, 0) is 66.2 Å². The first kappa shape index (κ1) is 27.1. The molecular weight excluding hydrogens is 534 g/mol. The van der Waals surface area contributed by atoms with Crippen LogP contribution < -0.4 is 14.4 Å². The molecule has 0 aliphatic rings. The molecule has 0 atom stereocenters. The summed E-state index contributed by atoms with van der Waals surface area (Å²) in [5.41, 5.74) is 0.986. The van der Waals surface area contributed by atoms with Crippen molar-refractivity contribution >= 4 is 56.6 Å². The number of nitrogens with one attached hydrogen (secondary N) is 1. The molecule has 0 aliphatic heterocycles. The number of carbonyl (C=O) groups excluding carboxylic acids is 1. The van der Waals surface area contributed by atoms with Gasteiger partial charge in [0.1, 0.15) is 18.1 Å². The van der Waals surface area contributed by atoms with Gasteiger partial charge in [0.05, 0.1) is 17.7 Å². The van der Waals surface area contributed by atoms with E-state index in [1.807, 2.05) is 0 Å². The van der Waals surface area contributed by atoms with Crippen LogP contribution in [0.25, 0.3) is 0 Å². The molecule has 6 nitrogen and oxygen atoms in total. The first-order chi connectivity index (χ1) is 16.7. The second kappa shape index (κ2) is 12.5. The number of ether oxygens (including phenoxy) is 1. The highest BCUT2D eigenvalue weighted by molar-refractivity contribution is 7.98. The van der Waals surface area contributed by atoms with Crippen LogP contribution in [0.15, 0.2) is 71.6 Å². The Bertz CT molecular complexity index is 1240. The average Bonchev–Trinajstić information content (AvgIpc) is 2.84. The third-order valence-electron chi connectivity index (χ3n) is 4.93. The van der Waals surface area contributed by atoms with E-state index in [0.29, 0.717) is 33.8 Å². The predicted octanol–water partition coefficient (Wildman–Crippen LogP) is 5.39. The fourth-order valence-corrected chi connectivity index (χ4v) is 6.11. The van der Waals surface area contributed by atoms with Crippen molar-refractivity contribution in [3.63, 3.8) is 0 Å². The summed E-state index contributed by atoms with van der Waals surface area (Å²) in [6.07, 6.45) is 0. The third kappa shape index (κ3) is 7.27. The normalized spacial score (nSPS) is 11.2. The molecule has 186 valence electrons. The molecule has 35 heavy (non-hydrogen) atoms. The summed E-state index contributed by atoms with van der Waals surface area (Å²) in [6.45, 7) is -0.160. The number of methoxy groups -OCH3 is 1. The zero-order valence-electron chi connectivity index (χ0n) is 18.7. The van der Waals surface area contributed by atoms with E-state index >= 15 is 0 Å². The molecule has 0 spiro atoms. The Hall–Kier alpha value is -2.46. The quantitative estimate of drug-likeness (QED) is 0.320. The number of amides is 1. The molecule has 3 aromatic rings. The van der Waals surface area contributed by atoms with Crippen LogP contribution in [-0.2, 0) is 20.6 Å². The maximum absolute atomic E-state index is 13.4. The molecule has 1 N–H and O–H groups in total. The van der Waals surface area contributed by atoms with E-state index in [4.69, 9.17) is 27.9 Å². The second-order valence-electron chi connectivity index (χ2n) is 7.27. The summed E-state index contributed by atoms with van der Waals surface area (Å²) < 4.78 is 46.1. The third-order valence-corrected chi connectivity index (χ3v) is 8.41. The summed E-state index contributed by atoms with van der Waals surface area (Å²) in [7, 11) is -2.64. The standard InChI is InChI=1S/C24H23Cl2FN2O4S2/c1-33-19-9-11-20(12-10-19)35(31,32)29(18-7-5-17(27)6-8-18)15-24(30)28-13-14-34-16-21-22(25)3-2-4-23(21)26/h2-12H,13-16H2,1H3,(H,28,30). The van der Waals surface area contributed by atoms with E-state index in [1.54, 1.807) is 18.2 Å². The monoisotopic (exact) mass is 556 g/mol. The Balaban J connectivity index is 1.66. The van der Waals surface area contributed by atoms with Gasteiger partial charge in [-0.2, -0.15) is 11.8 Å². The van der Waals surface area contributed by atoms with Gasteiger partial charge in [-0.15, -0.1) is 0 Å². The summed E-state index contributed by atoms with van der Waals surface area (Å²) in [5.74, 6) is 0.612. The fourth-order valence-electron chi connectivity index (χ4n) is 3.09. The molecular formula is C24H23Cl2FN2O4S2. The lowest BCUT2D eigenvalue weighted by Gasteiger charge is -2.24. The number of carbonyl (C=O) groups is 1. The zero-order chi connectivity index (χ0) is 25.4. The molecule has 3 rings (SSSR count). The molecule has 0 aliphatic carbocycles. The summed E-state index contributed by atoms with van der Waals surface area (Å²) >= 11 is 13.9. The van der Waals surface area contributed by atoms with Crippen LogP contribution in [-0.4, -0.2) is 40.3 Å². The lowest BCUT2D eigenvalue weighted by atomic mass is 10.2. The van der Waals surface area contributed by atoms with Gasteiger partial charge in [-0.1, -0.05) is 29.3 Å². The minimum atomic E-state index is -4.11. The van der Waals surface area contributed by atoms with Gasteiger partial charge < -0.3 is 10.1 Å². The number of nitrogens with zero attached hydrogens (tertiary/aromatic N) is 1. The molecule has 3 aromatic carbocycles. The van der Waals surface area contributed by atoms with Crippen LogP contribution in [0.1, 0.15) is 5.56 Å². The van der Waals surface area contributed by atoms with Gasteiger partial charge in [-0.3, -0.25) is 9.10 Å². The number of halogens is 3. The van der Waals surface area contributed by atoms with E-state index in [1.165, 1.54) is 55.3 Å². The topological polar surface area (TPSA) is 75.7 Å². The SMILES string of the molecule is COc1ccc(S(=O)(=O)N(CC(=O)NCCSCc2c(Cl)cccc2Cl)c2ccc(F)cc2)cc1. The first-order valence-electron chi connectivity index (χ1n) is 10.4. The Morgan fingerprint density at radius 3 is 2.26 bits per heavy atom. The molecule has 0 saturated heterocycles. The summed E-state index contributed by atoms with van der Waals surface area (Å²) in [6, 6.07) is 16.0. The van der Waals surface area contributed by atoms with Gasteiger partial charge in [0.2, 0.25) is 5.91 Å². The number of hydrogen-bond donors (Lipinski definition) is 1. The van der Waals surface area contributed by atoms with Crippen LogP contribution >= 0.6 is 35.0 Å². The molecule has 0 radical (unpaired) electrons. The smallest absolute Gasteiger partial charge is 0.264 e. The molecule has 0 aromatic heterocycles. The van der Waals surface area contributed by atoms with Crippen molar-refractivity contribution in [1.82, 2.24) is 5.32 Å². The average molecular weight is 557 g/mol. The molecule has 0 bridgehead atoms. The van der Waals surface area contributed by atoms with Crippen molar-refractivity contribution in [1.29, 1.82) is 0 Å². The van der Waals surface area contributed by atoms with Crippen molar-refractivity contribution in [2.75, 3.05) is 30.3 Å². The highest BCUT2D eigenvalue weighted by atomic mass is 35.5. The Kier molecular flexibility index (Phi) is 9.68. The van der Waals surface area contributed by atoms with E-state index < -0.39 is 28.3 Å². The van der Waals surface area contributed by atoms with Crippen molar-refractivity contribution in [3.05, 3.63) is 88.2 Å².